The van der Waals surface area contributed by atoms with Gasteiger partial charge in [0.15, 0.2) is 11.6 Å². The Kier molecular flexibility index (Phi) is 5.65. The van der Waals surface area contributed by atoms with Crippen molar-refractivity contribution in [1.82, 2.24) is 5.32 Å². The summed E-state index contributed by atoms with van der Waals surface area (Å²) in [6.07, 6.45) is 0.793. The molecule has 0 spiro atoms. The molecular formula is C21H25FN2O3. The minimum atomic E-state index is -0.469. The van der Waals surface area contributed by atoms with E-state index in [0.717, 1.165) is 5.69 Å². The zero-order chi connectivity index (χ0) is 19.6. The SMILES string of the molecule is COc1ccc([C@H](NC(=O)c2cccc(N(C)C)c2)C2CC(O)C2)cc1F. The van der Waals surface area contributed by atoms with Gasteiger partial charge in [0.1, 0.15) is 0 Å². The number of carbonyl (C=O) groups is 1. The Morgan fingerprint density at radius 3 is 2.59 bits per heavy atom. The highest BCUT2D eigenvalue weighted by Crippen LogP contribution is 2.39. The van der Waals surface area contributed by atoms with Gasteiger partial charge >= 0.3 is 0 Å². The van der Waals surface area contributed by atoms with Crippen LogP contribution in [0, 0.1) is 11.7 Å². The van der Waals surface area contributed by atoms with Crippen LogP contribution in [-0.4, -0.2) is 38.3 Å². The second kappa shape index (κ2) is 7.96. The number of nitrogens with zero attached hydrogens (tertiary/aromatic N) is 1. The Morgan fingerprint density at radius 1 is 1.26 bits per heavy atom. The molecule has 6 heteroatoms. The summed E-state index contributed by atoms with van der Waals surface area (Å²) in [5, 5.41) is 12.7. The molecule has 0 heterocycles. The van der Waals surface area contributed by atoms with Crippen LogP contribution >= 0.6 is 0 Å². The number of aliphatic hydroxyl groups excluding tert-OH is 1. The fraction of sp³-hybridized carbons (Fsp3) is 0.381. The van der Waals surface area contributed by atoms with E-state index in [0.29, 0.717) is 24.0 Å². The van der Waals surface area contributed by atoms with Gasteiger partial charge in [-0.25, -0.2) is 4.39 Å². The number of benzene rings is 2. The zero-order valence-electron chi connectivity index (χ0n) is 15.8. The highest BCUT2D eigenvalue weighted by atomic mass is 19.1. The Hall–Kier alpha value is -2.60. The Labute approximate surface area is 158 Å². The first-order valence-corrected chi connectivity index (χ1v) is 8.98. The summed E-state index contributed by atoms with van der Waals surface area (Å²) in [4.78, 5) is 14.8. The van der Waals surface area contributed by atoms with Crippen molar-refractivity contribution in [1.29, 1.82) is 0 Å². The lowest BCUT2D eigenvalue weighted by Gasteiger charge is -2.38. The van der Waals surface area contributed by atoms with Crippen molar-refractivity contribution in [2.24, 2.45) is 5.92 Å². The van der Waals surface area contributed by atoms with Gasteiger partial charge in [-0.15, -0.1) is 0 Å². The number of amides is 1. The van der Waals surface area contributed by atoms with Crippen LogP contribution in [0.5, 0.6) is 5.75 Å². The van der Waals surface area contributed by atoms with Crippen LogP contribution < -0.4 is 15.0 Å². The normalized spacial score (nSPS) is 19.7. The van der Waals surface area contributed by atoms with Gasteiger partial charge in [-0.2, -0.15) is 0 Å². The third-order valence-electron chi connectivity index (χ3n) is 5.07. The van der Waals surface area contributed by atoms with Crippen molar-refractivity contribution in [3.8, 4) is 5.75 Å². The lowest BCUT2D eigenvalue weighted by atomic mass is 9.75. The minimum Gasteiger partial charge on any atom is -0.494 e. The summed E-state index contributed by atoms with van der Waals surface area (Å²) < 4.78 is 19.2. The molecule has 0 radical (unpaired) electrons. The first-order valence-electron chi connectivity index (χ1n) is 8.98. The fourth-order valence-electron chi connectivity index (χ4n) is 3.40. The molecule has 1 amide bonds. The number of anilines is 1. The third kappa shape index (κ3) is 4.22. The van der Waals surface area contributed by atoms with Crippen LogP contribution in [0.4, 0.5) is 10.1 Å². The van der Waals surface area contributed by atoms with Crippen molar-refractivity contribution in [3.63, 3.8) is 0 Å². The van der Waals surface area contributed by atoms with Gasteiger partial charge < -0.3 is 20.1 Å². The number of ether oxygens (including phenoxy) is 1. The Bertz CT molecular complexity index is 819. The van der Waals surface area contributed by atoms with E-state index in [2.05, 4.69) is 5.32 Å². The molecule has 1 fully saturated rings. The summed E-state index contributed by atoms with van der Waals surface area (Å²) in [6.45, 7) is 0. The lowest BCUT2D eigenvalue weighted by Crippen LogP contribution is -2.41. The molecular weight excluding hydrogens is 347 g/mol. The quantitative estimate of drug-likeness (QED) is 0.818. The van der Waals surface area contributed by atoms with Gasteiger partial charge in [0, 0.05) is 25.3 Å². The van der Waals surface area contributed by atoms with Gasteiger partial charge in [-0.1, -0.05) is 12.1 Å². The molecule has 0 saturated heterocycles. The molecule has 1 aliphatic carbocycles. The number of hydrogen-bond donors (Lipinski definition) is 2. The Balaban J connectivity index is 1.85. The van der Waals surface area contributed by atoms with Gasteiger partial charge in [0.25, 0.3) is 5.91 Å². The maximum absolute atomic E-state index is 14.2. The standard InChI is InChI=1S/C21H25FN2O3/c1-24(2)16-6-4-5-14(9-16)21(26)23-20(15-10-17(25)11-15)13-7-8-19(27-3)18(22)12-13/h4-9,12,15,17,20,25H,10-11H2,1-3H3,(H,23,26)/t15?,17?,20-/m0/s1. The van der Waals surface area contributed by atoms with Crippen molar-refractivity contribution in [2.75, 3.05) is 26.1 Å². The molecule has 0 unspecified atom stereocenters. The molecule has 3 rings (SSSR count). The molecule has 2 aromatic carbocycles. The monoisotopic (exact) mass is 372 g/mol. The number of hydrogen-bond acceptors (Lipinski definition) is 4. The number of nitrogens with one attached hydrogen (secondary N) is 1. The number of aliphatic hydroxyl groups is 1. The van der Waals surface area contributed by atoms with E-state index in [-0.39, 0.29) is 29.7 Å². The van der Waals surface area contributed by atoms with Gasteiger partial charge in [0.05, 0.1) is 19.3 Å². The molecule has 0 aromatic heterocycles. The number of rotatable bonds is 6. The molecule has 0 aliphatic heterocycles. The van der Waals surface area contributed by atoms with E-state index in [1.807, 2.05) is 37.2 Å². The molecule has 1 saturated carbocycles. The number of halogens is 1. The van der Waals surface area contributed by atoms with Gasteiger partial charge in [-0.3, -0.25) is 4.79 Å². The van der Waals surface area contributed by atoms with Crippen molar-refractivity contribution in [3.05, 3.63) is 59.4 Å². The maximum Gasteiger partial charge on any atom is 0.251 e. The molecule has 1 aliphatic rings. The summed E-state index contributed by atoms with van der Waals surface area (Å²) in [5.74, 6) is -0.463. The van der Waals surface area contributed by atoms with Crippen LogP contribution in [0.2, 0.25) is 0 Å². The van der Waals surface area contributed by atoms with E-state index < -0.39 is 5.82 Å². The van der Waals surface area contributed by atoms with Crippen LogP contribution in [0.1, 0.15) is 34.8 Å². The maximum atomic E-state index is 14.2. The highest BCUT2D eigenvalue weighted by Gasteiger charge is 2.36. The average molecular weight is 372 g/mol. The molecule has 1 atom stereocenters. The zero-order valence-corrected chi connectivity index (χ0v) is 15.8. The minimum absolute atomic E-state index is 0.0637. The van der Waals surface area contributed by atoms with Crippen molar-refractivity contribution in [2.45, 2.75) is 25.0 Å². The van der Waals surface area contributed by atoms with Crippen LogP contribution in [-0.2, 0) is 0 Å². The first kappa shape index (κ1) is 19.2. The van der Waals surface area contributed by atoms with Gasteiger partial charge in [-0.05, 0) is 54.7 Å². The predicted molar refractivity (Wildman–Crippen MR) is 103 cm³/mol. The van der Waals surface area contributed by atoms with E-state index in [1.54, 1.807) is 18.2 Å². The summed E-state index contributed by atoms with van der Waals surface area (Å²) in [6, 6.07) is 11.7. The molecule has 2 aromatic rings. The second-order valence-electron chi connectivity index (χ2n) is 7.18. The van der Waals surface area contributed by atoms with Crippen molar-refractivity contribution >= 4 is 11.6 Å². The average Bonchev–Trinajstić information content (AvgIpc) is 2.63. The molecule has 27 heavy (non-hydrogen) atoms. The summed E-state index contributed by atoms with van der Waals surface area (Å²) in [7, 11) is 5.24. The number of carbonyl (C=O) groups excluding carboxylic acids is 1. The topological polar surface area (TPSA) is 61.8 Å². The fourth-order valence-corrected chi connectivity index (χ4v) is 3.40. The second-order valence-corrected chi connectivity index (χ2v) is 7.18. The van der Waals surface area contributed by atoms with Gasteiger partial charge in [0.2, 0.25) is 0 Å². The van der Waals surface area contributed by atoms with Crippen LogP contribution in [0.25, 0.3) is 0 Å². The smallest absolute Gasteiger partial charge is 0.251 e. The predicted octanol–water partition coefficient (Wildman–Crippen LogP) is 3.14. The van der Waals surface area contributed by atoms with E-state index in [9.17, 15) is 14.3 Å². The molecule has 5 nitrogen and oxygen atoms in total. The van der Waals surface area contributed by atoms with E-state index >= 15 is 0 Å². The molecule has 144 valence electrons. The molecule has 2 N–H and O–H groups in total. The lowest BCUT2D eigenvalue weighted by molar-refractivity contribution is 0.0235. The largest absolute Gasteiger partial charge is 0.494 e. The summed E-state index contributed by atoms with van der Waals surface area (Å²) >= 11 is 0. The van der Waals surface area contributed by atoms with Crippen LogP contribution in [0.15, 0.2) is 42.5 Å². The van der Waals surface area contributed by atoms with Crippen molar-refractivity contribution < 1.29 is 19.0 Å². The third-order valence-corrected chi connectivity index (χ3v) is 5.07. The Morgan fingerprint density at radius 2 is 2.00 bits per heavy atom. The molecule has 0 bridgehead atoms. The number of methoxy groups -OCH3 is 1. The first-order chi connectivity index (χ1) is 12.9. The van der Waals surface area contributed by atoms with Crippen LogP contribution in [0.3, 0.4) is 0 Å². The van der Waals surface area contributed by atoms with E-state index in [1.165, 1.54) is 13.2 Å². The van der Waals surface area contributed by atoms with E-state index in [4.69, 9.17) is 4.74 Å². The summed E-state index contributed by atoms with van der Waals surface area (Å²) in [5.41, 5.74) is 2.14. The highest BCUT2D eigenvalue weighted by molar-refractivity contribution is 5.95.